The number of ether oxygens (including phenoxy) is 4. The van der Waals surface area contributed by atoms with Crippen LogP contribution >= 0.6 is 0 Å². The standard InChI is InChI=1S/C51H98O10/c1-3-5-7-9-11-13-15-17-19-21-23-25-27-29-31-33-35-37-39-46(53)58-42-44(43-59-51-50(57)49(56)48(55)45(41-52)61-51)60-47(54)40-38-36-34-32-30-28-26-24-22-20-18-16-14-12-10-8-6-4-2/h44-45,48-52,55-57H,3-43H2,1-2H3. The van der Waals surface area contributed by atoms with Gasteiger partial charge in [0, 0.05) is 12.8 Å². The molecule has 1 rings (SSSR count). The highest BCUT2D eigenvalue weighted by Gasteiger charge is 2.44. The molecule has 1 heterocycles. The molecule has 61 heavy (non-hydrogen) atoms. The van der Waals surface area contributed by atoms with Crippen molar-refractivity contribution in [3.8, 4) is 0 Å². The molecule has 6 unspecified atom stereocenters. The number of carbonyl (C=O) groups is 2. The van der Waals surface area contributed by atoms with Crippen molar-refractivity contribution in [1.82, 2.24) is 0 Å². The van der Waals surface area contributed by atoms with Gasteiger partial charge in [-0.3, -0.25) is 9.59 Å². The molecule has 4 N–H and O–H groups in total. The number of aliphatic hydroxyl groups excluding tert-OH is 4. The minimum Gasteiger partial charge on any atom is -0.462 e. The SMILES string of the molecule is CCCCCCCCCCCCCCCCCCCCC(=O)OCC(COC1OC(CO)C(O)C(O)C1O)OC(=O)CCCCCCCCCCCCCCCCCCCC. The Morgan fingerprint density at radius 3 is 1.11 bits per heavy atom. The lowest BCUT2D eigenvalue weighted by Gasteiger charge is -2.39. The zero-order valence-electron chi connectivity index (χ0n) is 39.7. The molecular weight excluding hydrogens is 773 g/mol. The van der Waals surface area contributed by atoms with Gasteiger partial charge >= 0.3 is 11.9 Å². The summed E-state index contributed by atoms with van der Waals surface area (Å²) in [6.07, 6.45) is 38.2. The maximum Gasteiger partial charge on any atom is 0.306 e. The van der Waals surface area contributed by atoms with Crippen molar-refractivity contribution in [1.29, 1.82) is 0 Å². The molecule has 0 aromatic carbocycles. The van der Waals surface area contributed by atoms with Crippen molar-refractivity contribution >= 4 is 11.9 Å². The van der Waals surface area contributed by atoms with Gasteiger partial charge in [-0.05, 0) is 12.8 Å². The summed E-state index contributed by atoms with van der Waals surface area (Å²) in [6.45, 7) is 3.48. The number of carbonyl (C=O) groups excluding carboxylic acids is 2. The van der Waals surface area contributed by atoms with Crippen molar-refractivity contribution < 1.29 is 49.0 Å². The predicted octanol–water partition coefficient (Wildman–Crippen LogP) is 12.1. The van der Waals surface area contributed by atoms with E-state index in [0.717, 1.165) is 38.5 Å². The summed E-state index contributed by atoms with van der Waals surface area (Å²) in [5.41, 5.74) is 0. The van der Waals surface area contributed by atoms with Crippen LogP contribution in [0, 0.1) is 0 Å². The van der Waals surface area contributed by atoms with E-state index in [1.807, 2.05) is 0 Å². The highest BCUT2D eigenvalue weighted by molar-refractivity contribution is 5.70. The summed E-state index contributed by atoms with van der Waals surface area (Å²) in [5, 5.41) is 40.2. The Hall–Kier alpha value is -1.30. The van der Waals surface area contributed by atoms with Gasteiger partial charge in [0.15, 0.2) is 12.4 Å². The fourth-order valence-electron chi connectivity index (χ4n) is 8.37. The van der Waals surface area contributed by atoms with E-state index >= 15 is 0 Å². The highest BCUT2D eigenvalue weighted by atomic mass is 16.7. The first-order valence-electron chi connectivity index (χ1n) is 26.1. The first-order chi connectivity index (χ1) is 29.8. The average molecular weight is 871 g/mol. The molecule has 1 saturated heterocycles. The number of hydrogen-bond donors (Lipinski definition) is 4. The zero-order valence-corrected chi connectivity index (χ0v) is 39.7. The van der Waals surface area contributed by atoms with Crippen LogP contribution in [-0.2, 0) is 28.5 Å². The van der Waals surface area contributed by atoms with Gasteiger partial charge in [-0.1, -0.05) is 232 Å². The highest BCUT2D eigenvalue weighted by Crippen LogP contribution is 2.23. The summed E-state index contributed by atoms with van der Waals surface area (Å²) in [5.74, 6) is -0.785. The number of aliphatic hydroxyl groups is 4. The molecule has 1 aliphatic rings. The van der Waals surface area contributed by atoms with Crippen LogP contribution in [0.1, 0.15) is 258 Å². The Kier molecular flexibility index (Phi) is 40.3. The van der Waals surface area contributed by atoms with Crippen LogP contribution in [0.25, 0.3) is 0 Å². The van der Waals surface area contributed by atoms with Gasteiger partial charge in [0.2, 0.25) is 0 Å². The van der Waals surface area contributed by atoms with E-state index in [4.69, 9.17) is 18.9 Å². The topological polar surface area (TPSA) is 152 Å². The molecule has 10 nitrogen and oxygen atoms in total. The van der Waals surface area contributed by atoms with E-state index in [9.17, 15) is 30.0 Å². The second-order valence-corrected chi connectivity index (χ2v) is 18.3. The van der Waals surface area contributed by atoms with Gasteiger partial charge in [-0.25, -0.2) is 0 Å². The summed E-state index contributed by atoms with van der Waals surface area (Å²) in [4.78, 5) is 25.4. The predicted molar refractivity (Wildman–Crippen MR) is 247 cm³/mol. The molecule has 0 bridgehead atoms. The van der Waals surface area contributed by atoms with Crippen LogP contribution in [0.2, 0.25) is 0 Å². The number of unbranched alkanes of at least 4 members (excludes halogenated alkanes) is 34. The molecule has 0 amide bonds. The minimum absolute atomic E-state index is 0.208. The Labute approximate surface area is 374 Å². The third-order valence-corrected chi connectivity index (χ3v) is 12.5. The summed E-state index contributed by atoms with van der Waals surface area (Å²) in [6, 6.07) is 0. The van der Waals surface area contributed by atoms with Crippen LogP contribution in [0.3, 0.4) is 0 Å². The smallest absolute Gasteiger partial charge is 0.306 e. The maximum absolute atomic E-state index is 12.8. The van der Waals surface area contributed by atoms with Crippen LogP contribution in [0.15, 0.2) is 0 Å². The first kappa shape index (κ1) is 57.7. The molecule has 0 spiro atoms. The molecule has 10 heteroatoms. The molecular formula is C51H98O10. The number of hydrogen-bond acceptors (Lipinski definition) is 10. The van der Waals surface area contributed by atoms with Crippen molar-refractivity contribution in [3.05, 3.63) is 0 Å². The average Bonchev–Trinajstić information content (AvgIpc) is 3.26. The lowest BCUT2D eigenvalue weighted by molar-refractivity contribution is -0.305. The summed E-state index contributed by atoms with van der Waals surface area (Å²) in [7, 11) is 0. The molecule has 6 atom stereocenters. The van der Waals surface area contributed by atoms with Crippen LogP contribution < -0.4 is 0 Å². The molecule has 0 saturated carbocycles. The second kappa shape index (κ2) is 42.6. The van der Waals surface area contributed by atoms with Gasteiger partial charge in [-0.15, -0.1) is 0 Å². The largest absolute Gasteiger partial charge is 0.462 e. The van der Waals surface area contributed by atoms with Crippen molar-refractivity contribution in [3.63, 3.8) is 0 Å². The molecule has 0 radical (unpaired) electrons. The quantitative estimate of drug-likeness (QED) is 0.0344. The third-order valence-electron chi connectivity index (χ3n) is 12.5. The van der Waals surface area contributed by atoms with E-state index in [1.165, 1.54) is 186 Å². The van der Waals surface area contributed by atoms with Crippen LogP contribution in [0.5, 0.6) is 0 Å². The van der Waals surface area contributed by atoms with E-state index in [1.54, 1.807) is 0 Å². The fraction of sp³-hybridized carbons (Fsp3) is 0.961. The summed E-state index contributed by atoms with van der Waals surface area (Å²) < 4.78 is 22.3. The van der Waals surface area contributed by atoms with E-state index in [0.29, 0.717) is 6.42 Å². The van der Waals surface area contributed by atoms with Crippen LogP contribution in [0.4, 0.5) is 0 Å². The number of esters is 2. The van der Waals surface area contributed by atoms with Crippen molar-refractivity contribution in [2.24, 2.45) is 0 Å². The Bertz CT molecular complexity index is 964. The third kappa shape index (κ3) is 33.8. The zero-order chi connectivity index (χ0) is 44.4. The van der Waals surface area contributed by atoms with Crippen LogP contribution in [-0.4, -0.2) is 89.0 Å². The van der Waals surface area contributed by atoms with Gasteiger partial charge < -0.3 is 39.4 Å². The van der Waals surface area contributed by atoms with Gasteiger partial charge in [0.1, 0.15) is 31.0 Å². The van der Waals surface area contributed by atoms with E-state index < -0.39 is 49.4 Å². The van der Waals surface area contributed by atoms with Crippen molar-refractivity contribution in [2.75, 3.05) is 19.8 Å². The molecule has 0 aromatic rings. The Morgan fingerprint density at radius 2 is 0.770 bits per heavy atom. The van der Waals surface area contributed by atoms with Crippen molar-refractivity contribution in [2.45, 2.75) is 295 Å². The summed E-state index contributed by atoms with van der Waals surface area (Å²) >= 11 is 0. The fourth-order valence-corrected chi connectivity index (χ4v) is 8.37. The molecule has 1 aliphatic heterocycles. The lowest BCUT2D eigenvalue weighted by atomic mass is 9.99. The van der Waals surface area contributed by atoms with Gasteiger partial charge in [0.25, 0.3) is 0 Å². The first-order valence-corrected chi connectivity index (χ1v) is 26.1. The minimum atomic E-state index is -1.59. The second-order valence-electron chi connectivity index (χ2n) is 18.3. The Morgan fingerprint density at radius 1 is 0.443 bits per heavy atom. The molecule has 0 aliphatic carbocycles. The molecule has 1 fully saturated rings. The Balaban J connectivity index is 2.23. The van der Waals surface area contributed by atoms with Gasteiger partial charge in [0.05, 0.1) is 13.2 Å². The molecule has 362 valence electrons. The lowest BCUT2D eigenvalue weighted by Crippen LogP contribution is -2.59. The maximum atomic E-state index is 12.8. The monoisotopic (exact) mass is 871 g/mol. The van der Waals surface area contributed by atoms with E-state index in [2.05, 4.69) is 13.8 Å². The van der Waals surface area contributed by atoms with E-state index in [-0.39, 0.29) is 32.0 Å². The molecule has 0 aromatic heterocycles. The normalized spacial score (nSPS) is 19.6. The van der Waals surface area contributed by atoms with Gasteiger partial charge in [-0.2, -0.15) is 0 Å². The number of rotatable bonds is 45.